The van der Waals surface area contributed by atoms with Crippen LogP contribution in [0, 0.1) is 0 Å². The average Bonchev–Trinajstić information content (AvgIpc) is 2.74. The van der Waals surface area contributed by atoms with Gasteiger partial charge in [0.25, 0.3) is 0 Å². The van der Waals surface area contributed by atoms with Crippen LogP contribution in [0.25, 0.3) is 0 Å². The lowest BCUT2D eigenvalue weighted by molar-refractivity contribution is -0.117. The Balaban J connectivity index is 1.91. The normalized spacial score (nSPS) is 20.1. The Bertz CT molecular complexity index is 466. The van der Waals surface area contributed by atoms with Crippen molar-refractivity contribution in [2.45, 2.75) is 25.3 Å². The Hall–Kier alpha value is -1.55. The number of piperidine rings is 1. The summed E-state index contributed by atoms with van der Waals surface area (Å²) in [5.41, 5.74) is 3.35. The van der Waals surface area contributed by atoms with Gasteiger partial charge in [-0.05, 0) is 49.7 Å². The minimum absolute atomic E-state index is 0.255. The highest BCUT2D eigenvalue weighted by atomic mass is 16.2. The number of carbonyl (C=O) groups excluding carboxylic acids is 1. The van der Waals surface area contributed by atoms with Gasteiger partial charge in [0.15, 0.2) is 0 Å². The summed E-state index contributed by atoms with van der Waals surface area (Å²) < 4.78 is 0. The quantitative estimate of drug-likeness (QED) is 0.827. The summed E-state index contributed by atoms with van der Waals surface area (Å²) in [6.45, 7) is 2.02. The van der Waals surface area contributed by atoms with Crippen LogP contribution in [-0.4, -0.2) is 32.1 Å². The second-order valence-electron chi connectivity index (χ2n) is 5.02. The highest BCUT2D eigenvalue weighted by molar-refractivity contribution is 6.02. The van der Waals surface area contributed by atoms with Crippen LogP contribution < -0.4 is 15.5 Å². The molecule has 2 aliphatic heterocycles. The molecular weight excluding hydrogens is 226 g/mol. The SMILES string of the molecule is CNc1ccc2c(c1)CC(=O)N2C1CCNCC1. The summed E-state index contributed by atoms with van der Waals surface area (Å²) in [5, 5.41) is 6.47. The first-order chi connectivity index (χ1) is 8.79. The largest absolute Gasteiger partial charge is 0.388 e. The number of benzene rings is 1. The minimum Gasteiger partial charge on any atom is -0.388 e. The Morgan fingerprint density at radius 3 is 2.83 bits per heavy atom. The van der Waals surface area contributed by atoms with Crippen molar-refractivity contribution in [3.8, 4) is 0 Å². The van der Waals surface area contributed by atoms with Gasteiger partial charge >= 0.3 is 0 Å². The molecule has 1 amide bonds. The Morgan fingerprint density at radius 2 is 2.11 bits per heavy atom. The molecule has 0 saturated carbocycles. The molecule has 0 spiro atoms. The fraction of sp³-hybridized carbons (Fsp3) is 0.500. The molecule has 0 atom stereocenters. The van der Waals surface area contributed by atoms with Crippen molar-refractivity contribution in [2.24, 2.45) is 0 Å². The summed E-state index contributed by atoms with van der Waals surface area (Å²) in [6.07, 6.45) is 2.66. The zero-order valence-electron chi connectivity index (χ0n) is 10.7. The van der Waals surface area contributed by atoms with Gasteiger partial charge in [-0.3, -0.25) is 4.79 Å². The average molecular weight is 245 g/mol. The lowest BCUT2D eigenvalue weighted by Gasteiger charge is -2.32. The van der Waals surface area contributed by atoms with Crippen LogP contribution in [0.4, 0.5) is 11.4 Å². The second kappa shape index (κ2) is 4.61. The first-order valence-electron chi connectivity index (χ1n) is 6.63. The molecule has 0 unspecified atom stereocenters. The molecule has 2 heterocycles. The Kier molecular flexibility index (Phi) is 2.96. The summed E-state index contributed by atoms with van der Waals surface area (Å²) >= 11 is 0. The van der Waals surface area contributed by atoms with Crippen molar-refractivity contribution in [1.29, 1.82) is 0 Å². The van der Waals surface area contributed by atoms with E-state index < -0.39 is 0 Å². The molecule has 4 nitrogen and oxygen atoms in total. The molecule has 2 aliphatic rings. The number of hydrogen-bond donors (Lipinski definition) is 2. The van der Waals surface area contributed by atoms with Crippen molar-refractivity contribution in [1.82, 2.24) is 5.32 Å². The molecule has 3 rings (SSSR count). The monoisotopic (exact) mass is 245 g/mol. The Morgan fingerprint density at radius 1 is 1.33 bits per heavy atom. The summed E-state index contributed by atoms with van der Waals surface area (Å²) in [6, 6.07) is 6.59. The van der Waals surface area contributed by atoms with E-state index in [4.69, 9.17) is 0 Å². The number of anilines is 2. The lowest BCUT2D eigenvalue weighted by Crippen LogP contribution is -2.44. The molecule has 18 heavy (non-hydrogen) atoms. The summed E-state index contributed by atoms with van der Waals surface area (Å²) in [7, 11) is 1.91. The van der Waals surface area contributed by atoms with Gasteiger partial charge in [0, 0.05) is 24.5 Å². The highest BCUT2D eigenvalue weighted by Gasteiger charge is 2.33. The number of hydrogen-bond acceptors (Lipinski definition) is 3. The van der Waals surface area contributed by atoms with Crippen molar-refractivity contribution >= 4 is 17.3 Å². The summed E-state index contributed by atoms with van der Waals surface area (Å²) in [5.74, 6) is 0.255. The van der Waals surface area contributed by atoms with Crippen molar-refractivity contribution < 1.29 is 4.79 Å². The zero-order valence-corrected chi connectivity index (χ0v) is 10.7. The first-order valence-corrected chi connectivity index (χ1v) is 6.63. The van der Waals surface area contributed by atoms with Gasteiger partial charge in [-0.1, -0.05) is 0 Å². The molecule has 1 aromatic rings. The highest BCUT2D eigenvalue weighted by Crippen LogP contribution is 2.34. The number of amides is 1. The zero-order chi connectivity index (χ0) is 12.5. The number of nitrogens with zero attached hydrogens (tertiary/aromatic N) is 1. The van der Waals surface area contributed by atoms with Crippen LogP contribution in [0.15, 0.2) is 18.2 Å². The van der Waals surface area contributed by atoms with Gasteiger partial charge in [-0.15, -0.1) is 0 Å². The molecule has 0 radical (unpaired) electrons. The van der Waals surface area contributed by atoms with Gasteiger partial charge in [0.05, 0.1) is 6.42 Å². The van der Waals surface area contributed by atoms with Crippen LogP contribution in [0.5, 0.6) is 0 Å². The molecule has 0 aromatic heterocycles. The summed E-state index contributed by atoms with van der Waals surface area (Å²) in [4.78, 5) is 14.2. The molecule has 0 aliphatic carbocycles. The number of fused-ring (bicyclic) bond motifs is 1. The van der Waals surface area contributed by atoms with E-state index in [1.165, 1.54) is 0 Å². The van der Waals surface area contributed by atoms with E-state index in [1.807, 2.05) is 18.0 Å². The maximum Gasteiger partial charge on any atom is 0.231 e. The molecule has 1 fully saturated rings. The van der Waals surface area contributed by atoms with Gasteiger partial charge in [-0.25, -0.2) is 0 Å². The van der Waals surface area contributed by atoms with Crippen LogP contribution in [-0.2, 0) is 11.2 Å². The van der Waals surface area contributed by atoms with Gasteiger partial charge < -0.3 is 15.5 Å². The van der Waals surface area contributed by atoms with E-state index in [1.54, 1.807) is 0 Å². The number of nitrogens with one attached hydrogen (secondary N) is 2. The molecular formula is C14H19N3O. The fourth-order valence-corrected chi connectivity index (χ4v) is 2.97. The topological polar surface area (TPSA) is 44.4 Å². The van der Waals surface area contributed by atoms with E-state index in [0.29, 0.717) is 12.5 Å². The van der Waals surface area contributed by atoms with Crippen molar-refractivity contribution in [3.05, 3.63) is 23.8 Å². The van der Waals surface area contributed by atoms with Gasteiger partial charge in [0.1, 0.15) is 0 Å². The number of carbonyl (C=O) groups is 1. The van der Waals surface area contributed by atoms with Gasteiger partial charge in [0.2, 0.25) is 5.91 Å². The third-order valence-electron chi connectivity index (χ3n) is 3.91. The van der Waals surface area contributed by atoms with Crippen LogP contribution in [0.3, 0.4) is 0 Å². The minimum atomic E-state index is 0.255. The molecule has 2 N–H and O–H groups in total. The lowest BCUT2D eigenvalue weighted by atomic mass is 10.0. The first kappa shape index (κ1) is 11.5. The fourth-order valence-electron chi connectivity index (χ4n) is 2.97. The standard InChI is InChI=1S/C14H19N3O/c1-15-11-2-3-13-10(8-11)9-14(18)17(13)12-4-6-16-7-5-12/h2-3,8,12,15-16H,4-7,9H2,1H3. The molecule has 1 aromatic carbocycles. The van der Waals surface area contributed by atoms with Crippen LogP contribution in [0.1, 0.15) is 18.4 Å². The van der Waals surface area contributed by atoms with E-state index >= 15 is 0 Å². The van der Waals surface area contributed by atoms with Crippen molar-refractivity contribution in [3.63, 3.8) is 0 Å². The second-order valence-corrected chi connectivity index (χ2v) is 5.02. The smallest absolute Gasteiger partial charge is 0.231 e. The number of rotatable bonds is 2. The van der Waals surface area contributed by atoms with Crippen molar-refractivity contribution in [2.75, 3.05) is 30.4 Å². The molecule has 96 valence electrons. The third kappa shape index (κ3) is 1.86. The maximum absolute atomic E-state index is 12.2. The molecule has 4 heteroatoms. The maximum atomic E-state index is 12.2. The predicted molar refractivity (Wildman–Crippen MR) is 73.1 cm³/mol. The van der Waals surface area contributed by atoms with Crippen LogP contribution >= 0.6 is 0 Å². The van der Waals surface area contributed by atoms with Gasteiger partial charge in [-0.2, -0.15) is 0 Å². The predicted octanol–water partition coefficient (Wildman–Crippen LogP) is 1.37. The van der Waals surface area contributed by atoms with Crippen LogP contribution in [0.2, 0.25) is 0 Å². The molecule has 1 saturated heterocycles. The van der Waals surface area contributed by atoms with E-state index in [0.717, 1.165) is 42.9 Å². The third-order valence-corrected chi connectivity index (χ3v) is 3.91. The molecule has 0 bridgehead atoms. The van der Waals surface area contributed by atoms with E-state index in [2.05, 4.69) is 22.8 Å². The Labute approximate surface area is 107 Å². The van der Waals surface area contributed by atoms with E-state index in [9.17, 15) is 4.79 Å². The van der Waals surface area contributed by atoms with E-state index in [-0.39, 0.29) is 5.91 Å².